The second kappa shape index (κ2) is 5.66. The zero-order chi connectivity index (χ0) is 13.1. The maximum atomic E-state index is 10.6. The van der Waals surface area contributed by atoms with Gasteiger partial charge in [-0.05, 0) is 40.5 Å². The molecule has 0 aromatic heterocycles. The Kier molecular flexibility index (Phi) is 4.73. The molecule has 0 aliphatic heterocycles. The Labute approximate surface area is 115 Å². The van der Waals surface area contributed by atoms with E-state index in [0.717, 1.165) is 22.2 Å². The normalized spacial score (nSPS) is 11.3. The van der Waals surface area contributed by atoms with Crippen molar-refractivity contribution in [3.63, 3.8) is 0 Å². The maximum absolute atomic E-state index is 10.6. The van der Waals surface area contributed by atoms with E-state index in [4.69, 9.17) is 0 Å². The van der Waals surface area contributed by atoms with Crippen molar-refractivity contribution in [2.24, 2.45) is 5.41 Å². The van der Waals surface area contributed by atoms with Crippen LogP contribution in [0.1, 0.15) is 27.2 Å². The van der Waals surface area contributed by atoms with Gasteiger partial charge in [0, 0.05) is 27.9 Å². The minimum Gasteiger partial charge on any atom is -0.384 e. The average Bonchev–Trinajstić information content (AvgIpc) is 2.18. The number of nitrogens with zero attached hydrogens (tertiary/aromatic N) is 1. The quantitative estimate of drug-likeness (QED) is 0.507. The summed E-state index contributed by atoms with van der Waals surface area (Å²) in [4.78, 5) is 10.2. The lowest BCUT2D eigenvalue weighted by molar-refractivity contribution is -0.384. The Bertz CT molecular complexity index is 413. The number of nitro groups is 1. The van der Waals surface area contributed by atoms with Crippen molar-refractivity contribution in [1.29, 1.82) is 0 Å². The molecule has 0 atom stereocenters. The summed E-state index contributed by atoms with van der Waals surface area (Å²) in [6.07, 6.45) is 1.06. The monoisotopic (exact) mass is 348 g/mol. The van der Waals surface area contributed by atoms with Crippen molar-refractivity contribution in [1.82, 2.24) is 0 Å². The molecule has 1 aromatic carbocycles. The lowest BCUT2D eigenvalue weighted by atomic mass is 9.92. The molecule has 0 saturated heterocycles. The molecule has 0 bridgehead atoms. The molecule has 0 heterocycles. The predicted octanol–water partition coefficient (Wildman–Crippen LogP) is 4.05. The van der Waals surface area contributed by atoms with Gasteiger partial charge < -0.3 is 5.32 Å². The second-order valence-electron chi connectivity index (χ2n) is 5.16. The van der Waals surface area contributed by atoms with Crippen molar-refractivity contribution in [2.45, 2.75) is 27.2 Å². The van der Waals surface area contributed by atoms with E-state index >= 15 is 0 Å². The van der Waals surface area contributed by atoms with Crippen LogP contribution in [0.4, 0.5) is 11.4 Å². The molecule has 0 saturated carbocycles. The molecule has 1 rings (SSSR count). The molecule has 4 nitrogen and oxygen atoms in total. The van der Waals surface area contributed by atoms with Crippen molar-refractivity contribution in [3.8, 4) is 0 Å². The summed E-state index contributed by atoms with van der Waals surface area (Å²) in [7, 11) is 0. The average molecular weight is 348 g/mol. The first-order chi connectivity index (χ1) is 7.79. The van der Waals surface area contributed by atoms with Crippen LogP contribution in [0.5, 0.6) is 0 Å². The third-order valence-corrected chi connectivity index (χ3v) is 3.25. The van der Waals surface area contributed by atoms with E-state index in [9.17, 15) is 10.1 Å². The number of non-ortho nitro benzene ring substituents is 1. The van der Waals surface area contributed by atoms with Crippen LogP contribution in [-0.4, -0.2) is 11.5 Å². The molecule has 17 heavy (non-hydrogen) atoms. The topological polar surface area (TPSA) is 55.2 Å². The molecule has 1 aromatic rings. The first kappa shape index (κ1) is 14.2. The van der Waals surface area contributed by atoms with Gasteiger partial charge in [0.1, 0.15) is 0 Å². The Morgan fingerprint density at radius 2 is 2.06 bits per heavy atom. The van der Waals surface area contributed by atoms with Crippen LogP contribution in [0.2, 0.25) is 0 Å². The number of hydrogen-bond donors (Lipinski definition) is 1. The SMILES string of the molecule is CC(C)(C)CCNc1ccc([N+](=O)[O-])cc1I. The van der Waals surface area contributed by atoms with Gasteiger partial charge in [-0.2, -0.15) is 0 Å². The van der Waals surface area contributed by atoms with Crippen LogP contribution in [0.25, 0.3) is 0 Å². The number of rotatable bonds is 4. The van der Waals surface area contributed by atoms with E-state index in [-0.39, 0.29) is 10.6 Å². The number of nitrogens with one attached hydrogen (secondary N) is 1. The van der Waals surface area contributed by atoms with Crippen LogP contribution in [0.3, 0.4) is 0 Å². The van der Waals surface area contributed by atoms with E-state index in [0.29, 0.717) is 5.41 Å². The van der Waals surface area contributed by atoms with Crippen LogP contribution in [0, 0.1) is 19.1 Å². The lowest BCUT2D eigenvalue weighted by Crippen LogP contribution is -2.13. The molecule has 0 unspecified atom stereocenters. The molecule has 5 heteroatoms. The Balaban J connectivity index is 2.64. The Morgan fingerprint density at radius 3 is 2.53 bits per heavy atom. The smallest absolute Gasteiger partial charge is 0.270 e. The van der Waals surface area contributed by atoms with Crippen LogP contribution >= 0.6 is 22.6 Å². The fraction of sp³-hybridized carbons (Fsp3) is 0.500. The minimum atomic E-state index is -0.374. The predicted molar refractivity (Wildman–Crippen MR) is 78.4 cm³/mol. The third-order valence-electron chi connectivity index (χ3n) is 2.35. The van der Waals surface area contributed by atoms with Gasteiger partial charge in [0.25, 0.3) is 5.69 Å². The van der Waals surface area contributed by atoms with Crippen molar-refractivity contribution in [3.05, 3.63) is 31.9 Å². The van der Waals surface area contributed by atoms with Crippen molar-refractivity contribution in [2.75, 3.05) is 11.9 Å². The lowest BCUT2D eigenvalue weighted by Gasteiger charge is -2.18. The summed E-state index contributed by atoms with van der Waals surface area (Å²) in [6.45, 7) is 7.44. The van der Waals surface area contributed by atoms with Gasteiger partial charge in [0.15, 0.2) is 0 Å². The van der Waals surface area contributed by atoms with Crippen LogP contribution in [-0.2, 0) is 0 Å². The van der Waals surface area contributed by atoms with Gasteiger partial charge >= 0.3 is 0 Å². The molecule has 0 fully saturated rings. The number of halogens is 1. The number of benzene rings is 1. The highest BCUT2D eigenvalue weighted by Crippen LogP contribution is 2.24. The molecular formula is C12H17IN2O2. The van der Waals surface area contributed by atoms with Gasteiger partial charge in [-0.1, -0.05) is 20.8 Å². The first-order valence-electron chi connectivity index (χ1n) is 5.47. The van der Waals surface area contributed by atoms with E-state index in [2.05, 4.69) is 48.7 Å². The highest BCUT2D eigenvalue weighted by atomic mass is 127. The zero-order valence-corrected chi connectivity index (χ0v) is 12.4. The van der Waals surface area contributed by atoms with Crippen LogP contribution in [0.15, 0.2) is 18.2 Å². The maximum Gasteiger partial charge on any atom is 0.270 e. The molecule has 0 amide bonds. The molecule has 0 aliphatic carbocycles. The van der Waals surface area contributed by atoms with Crippen molar-refractivity contribution < 1.29 is 4.92 Å². The number of nitro benzene ring substituents is 1. The Hall–Kier alpha value is -0.850. The summed E-state index contributed by atoms with van der Waals surface area (Å²) in [5.41, 5.74) is 1.38. The van der Waals surface area contributed by atoms with Gasteiger partial charge in [0.2, 0.25) is 0 Å². The zero-order valence-electron chi connectivity index (χ0n) is 10.3. The highest BCUT2D eigenvalue weighted by molar-refractivity contribution is 14.1. The fourth-order valence-corrected chi connectivity index (χ4v) is 2.02. The molecule has 94 valence electrons. The summed E-state index contributed by atoms with van der Waals surface area (Å²) in [5.74, 6) is 0. The standard InChI is InChI=1S/C12H17IN2O2/c1-12(2,3)6-7-14-11-5-4-9(15(16)17)8-10(11)13/h4-5,8,14H,6-7H2,1-3H3. The van der Waals surface area contributed by atoms with E-state index in [1.165, 1.54) is 6.07 Å². The fourth-order valence-electron chi connectivity index (χ4n) is 1.33. The van der Waals surface area contributed by atoms with Crippen molar-refractivity contribution >= 4 is 34.0 Å². The summed E-state index contributed by atoms with van der Waals surface area (Å²) in [6, 6.07) is 4.88. The van der Waals surface area contributed by atoms with E-state index < -0.39 is 0 Å². The van der Waals surface area contributed by atoms with Gasteiger partial charge in [-0.3, -0.25) is 10.1 Å². The molecule has 0 radical (unpaired) electrons. The van der Waals surface area contributed by atoms with E-state index in [1.54, 1.807) is 12.1 Å². The van der Waals surface area contributed by atoms with E-state index in [1.807, 2.05) is 0 Å². The molecule has 0 spiro atoms. The third kappa shape index (κ3) is 4.89. The largest absolute Gasteiger partial charge is 0.384 e. The first-order valence-corrected chi connectivity index (χ1v) is 6.55. The highest BCUT2D eigenvalue weighted by Gasteiger charge is 2.11. The molecular weight excluding hydrogens is 331 g/mol. The molecule has 0 aliphatic rings. The number of anilines is 1. The van der Waals surface area contributed by atoms with Crippen LogP contribution < -0.4 is 5.32 Å². The minimum absolute atomic E-state index is 0.135. The Morgan fingerprint density at radius 1 is 1.41 bits per heavy atom. The van der Waals surface area contributed by atoms with Gasteiger partial charge in [-0.25, -0.2) is 0 Å². The number of hydrogen-bond acceptors (Lipinski definition) is 3. The summed E-state index contributed by atoms with van der Waals surface area (Å²) in [5, 5.41) is 13.9. The second-order valence-corrected chi connectivity index (χ2v) is 6.32. The van der Waals surface area contributed by atoms with Gasteiger partial charge in [0.05, 0.1) is 4.92 Å². The summed E-state index contributed by atoms with van der Waals surface area (Å²) >= 11 is 2.11. The molecule has 1 N–H and O–H groups in total. The van der Waals surface area contributed by atoms with Gasteiger partial charge in [-0.15, -0.1) is 0 Å². The summed E-state index contributed by atoms with van der Waals surface area (Å²) < 4.78 is 0.880.